The summed E-state index contributed by atoms with van der Waals surface area (Å²) in [5, 5.41) is 4.47. The number of hydrogen-bond acceptors (Lipinski definition) is 2. The molecule has 0 aliphatic heterocycles. The summed E-state index contributed by atoms with van der Waals surface area (Å²) in [6.45, 7) is 0.707. The molecule has 1 fully saturated rings. The molecule has 0 spiro atoms. The molecule has 0 amide bonds. The van der Waals surface area contributed by atoms with Gasteiger partial charge in [-0.3, -0.25) is 4.68 Å². The first kappa shape index (κ1) is 14.4. The van der Waals surface area contributed by atoms with E-state index in [4.69, 9.17) is 0 Å². The maximum absolute atomic E-state index is 14.2. The predicted octanol–water partition coefficient (Wildman–Crippen LogP) is 4.42. The van der Waals surface area contributed by atoms with Gasteiger partial charge in [-0.2, -0.15) is 5.10 Å². The van der Waals surface area contributed by atoms with Gasteiger partial charge in [-0.05, 0) is 30.5 Å². The third kappa shape index (κ3) is 2.52. The zero-order valence-corrected chi connectivity index (χ0v) is 13.6. The van der Waals surface area contributed by atoms with E-state index in [1.54, 1.807) is 6.07 Å². The highest BCUT2D eigenvalue weighted by Gasteiger charge is 2.29. The SMILES string of the molecule is Fc1cccc2c1nc(-c1cnn(Cc3ccccc3)c1)n2C1CC1. The Labute approximate surface area is 144 Å². The number of nitrogens with zero attached hydrogens (tertiary/aromatic N) is 4. The van der Waals surface area contributed by atoms with Crippen molar-refractivity contribution >= 4 is 11.0 Å². The van der Waals surface area contributed by atoms with Crippen LogP contribution in [0.25, 0.3) is 22.4 Å². The van der Waals surface area contributed by atoms with Gasteiger partial charge in [0, 0.05) is 12.2 Å². The number of aromatic nitrogens is 4. The summed E-state index contributed by atoms with van der Waals surface area (Å²) in [6, 6.07) is 15.8. The highest BCUT2D eigenvalue weighted by molar-refractivity contribution is 5.81. The minimum absolute atomic E-state index is 0.269. The van der Waals surface area contributed by atoms with Crippen molar-refractivity contribution in [2.75, 3.05) is 0 Å². The van der Waals surface area contributed by atoms with Gasteiger partial charge in [-0.1, -0.05) is 36.4 Å². The average molecular weight is 332 g/mol. The Morgan fingerprint density at radius 3 is 2.68 bits per heavy atom. The van der Waals surface area contributed by atoms with Gasteiger partial charge >= 0.3 is 0 Å². The molecule has 5 heteroatoms. The molecular weight excluding hydrogens is 315 g/mol. The molecule has 1 aliphatic rings. The van der Waals surface area contributed by atoms with Crippen LogP contribution in [0.4, 0.5) is 4.39 Å². The van der Waals surface area contributed by atoms with Gasteiger partial charge in [0.05, 0.1) is 23.8 Å². The lowest BCUT2D eigenvalue weighted by molar-refractivity contribution is 0.637. The standard InChI is InChI=1S/C20H17FN4/c21-17-7-4-8-18-19(17)23-20(25(18)16-9-10-16)15-11-22-24(13-15)12-14-5-2-1-3-6-14/h1-8,11,13,16H,9-10,12H2. The lowest BCUT2D eigenvalue weighted by Gasteiger charge is -2.05. The van der Waals surface area contributed by atoms with Crippen LogP contribution in [0.2, 0.25) is 0 Å². The van der Waals surface area contributed by atoms with E-state index >= 15 is 0 Å². The van der Waals surface area contributed by atoms with Crippen LogP contribution in [0.1, 0.15) is 24.4 Å². The third-order valence-electron chi connectivity index (χ3n) is 4.66. The maximum Gasteiger partial charge on any atom is 0.151 e. The van der Waals surface area contributed by atoms with Crippen molar-refractivity contribution in [3.05, 3.63) is 72.3 Å². The Morgan fingerprint density at radius 1 is 1.04 bits per heavy atom. The fourth-order valence-electron chi connectivity index (χ4n) is 3.32. The second kappa shape index (κ2) is 5.55. The zero-order chi connectivity index (χ0) is 16.8. The van der Waals surface area contributed by atoms with Crippen LogP contribution >= 0.6 is 0 Å². The van der Waals surface area contributed by atoms with Crippen LogP contribution in [0.15, 0.2) is 60.9 Å². The Balaban J connectivity index is 1.57. The monoisotopic (exact) mass is 332 g/mol. The maximum atomic E-state index is 14.2. The average Bonchev–Trinajstić information content (AvgIpc) is 3.22. The topological polar surface area (TPSA) is 35.6 Å². The van der Waals surface area contributed by atoms with E-state index < -0.39 is 0 Å². The van der Waals surface area contributed by atoms with Gasteiger partial charge in [-0.15, -0.1) is 0 Å². The van der Waals surface area contributed by atoms with E-state index in [-0.39, 0.29) is 5.82 Å². The van der Waals surface area contributed by atoms with Gasteiger partial charge in [0.2, 0.25) is 0 Å². The van der Waals surface area contributed by atoms with E-state index in [9.17, 15) is 4.39 Å². The van der Waals surface area contributed by atoms with Crippen molar-refractivity contribution in [3.63, 3.8) is 0 Å². The number of benzene rings is 2. The summed E-state index contributed by atoms with van der Waals surface area (Å²) in [5.41, 5.74) is 3.44. The summed E-state index contributed by atoms with van der Waals surface area (Å²) in [7, 11) is 0. The highest BCUT2D eigenvalue weighted by Crippen LogP contribution is 2.41. The second-order valence-corrected chi connectivity index (χ2v) is 6.56. The molecule has 124 valence electrons. The summed E-state index contributed by atoms with van der Waals surface area (Å²) in [4.78, 5) is 4.60. The van der Waals surface area contributed by atoms with Crippen molar-refractivity contribution in [3.8, 4) is 11.4 Å². The van der Waals surface area contributed by atoms with E-state index in [1.807, 2.05) is 41.3 Å². The molecule has 1 aliphatic carbocycles. The number of hydrogen-bond donors (Lipinski definition) is 0. The van der Waals surface area contributed by atoms with Crippen molar-refractivity contribution < 1.29 is 4.39 Å². The lowest BCUT2D eigenvalue weighted by atomic mass is 10.2. The minimum atomic E-state index is -0.269. The molecule has 4 aromatic rings. The van der Waals surface area contributed by atoms with Gasteiger partial charge in [0.25, 0.3) is 0 Å². The fourth-order valence-corrected chi connectivity index (χ4v) is 3.32. The van der Waals surface area contributed by atoms with Crippen LogP contribution < -0.4 is 0 Å². The van der Waals surface area contributed by atoms with E-state index in [0.717, 1.165) is 29.7 Å². The van der Waals surface area contributed by atoms with Crippen LogP contribution in [0.5, 0.6) is 0 Å². The molecule has 0 radical (unpaired) electrons. The number of imidazole rings is 1. The van der Waals surface area contributed by atoms with Crippen LogP contribution in [-0.4, -0.2) is 19.3 Å². The van der Waals surface area contributed by atoms with Gasteiger partial charge < -0.3 is 4.57 Å². The molecule has 2 heterocycles. The molecule has 4 nitrogen and oxygen atoms in total. The lowest BCUT2D eigenvalue weighted by Crippen LogP contribution is -1.99. The second-order valence-electron chi connectivity index (χ2n) is 6.56. The molecule has 2 aromatic carbocycles. The molecular formula is C20H17FN4. The molecule has 0 N–H and O–H groups in total. The van der Waals surface area contributed by atoms with Gasteiger partial charge in [0.1, 0.15) is 11.3 Å². The van der Waals surface area contributed by atoms with Gasteiger partial charge in [0.15, 0.2) is 5.82 Å². The van der Waals surface area contributed by atoms with Crippen LogP contribution in [-0.2, 0) is 6.54 Å². The molecule has 0 bridgehead atoms. The molecule has 1 saturated carbocycles. The predicted molar refractivity (Wildman–Crippen MR) is 94.7 cm³/mol. The molecule has 25 heavy (non-hydrogen) atoms. The van der Waals surface area contributed by atoms with E-state index in [2.05, 4.69) is 26.8 Å². The smallest absolute Gasteiger partial charge is 0.151 e. The number of para-hydroxylation sites is 1. The summed E-state index contributed by atoms with van der Waals surface area (Å²) in [6.07, 6.45) is 6.05. The normalized spacial score (nSPS) is 14.3. The zero-order valence-electron chi connectivity index (χ0n) is 13.6. The Hall–Kier alpha value is -2.95. The Morgan fingerprint density at radius 2 is 1.88 bits per heavy atom. The molecule has 0 atom stereocenters. The number of halogens is 1. The quantitative estimate of drug-likeness (QED) is 0.554. The fraction of sp³-hybridized carbons (Fsp3) is 0.200. The summed E-state index contributed by atoms with van der Waals surface area (Å²) < 4.78 is 18.2. The first-order valence-corrected chi connectivity index (χ1v) is 8.53. The van der Waals surface area contributed by atoms with Crippen molar-refractivity contribution in [1.82, 2.24) is 19.3 Å². The molecule has 5 rings (SSSR count). The number of fused-ring (bicyclic) bond motifs is 1. The molecule has 0 saturated heterocycles. The highest BCUT2D eigenvalue weighted by atomic mass is 19.1. The summed E-state index contributed by atoms with van der Waals surface area (Å²) >= 11 is 0. The largest absolute Gasteiger partial charge is 0.321 e. The minimum Gasteiger partial charge on any atom is -0.321 e. The van der Waals surface area contributed by atoms with Gasteiger partial charge in [-0.25, -0.2) is 9.37 Å². The number of rotatable bonds is 4. The van der Waals surface area contributed by atoms with Crippen molar-refractivity contribution in [2.45, 2.75) is 25.4 Å². The van der Waals surface area contributed by atoms with E-state index in [1.165, 1.54) is 11.6 Å². The van der Waals surface area contributed by atoms with Crippen LogP contribution in [0.3, 0.4) is 0 Å². The van der Waals surface area contributed by atoms with E-state index in [0.29, 0.717) is 18.1 Å². The summed E-state index contributed by atoms with van der Waals surface area (Å²) in [5.74, 6) is 0.539. The third-order valence-corrected chi connectivity index (χ3v) is 4.66. The van der Waals surface area contributed by atoms with Crippen molar-refractivity contribution in [2.24, 2.45) is 0 Å². The molecule has 2 aromatic heterocycles. The van der Waals surface area contributed by atoms with Crippen LogP contribution in [0, 0.1) is 5.82 Å². The first-order chi connectivity index (χ1) is 12.3. The van der Waals surface area contributed by atoms with Crippen molar-refractivity contribution in [1.29, 1.82) is 0 Å². The Bertz CT molecular complexity index is 1040. The first-order valence-electron chi connectivity index (χ1n) is 8.53. The molecule has 0 unspecified atom stereocenters. The Kier molecular flexibility index (Phi) is 3.20.